The molecule has 0 aromatic heterocycles. The highest BCUT2D eigenvalue weighted by atomic mass is 35.5. The number of nitrogens with one attached hydrogen (secondary N) is 2. The summed E-state index contributed by atoms with van der Waals surface area (Å²) in [5.41, 5.74) is 1.08. The van der Waals surface area contributed by atoms with Gasteiger partial charge in [0, 0.05) is 12.6 Å². The van der Waals surface area contributed by atoms with Crippen molar-refractivity contribution in [1.29, 1.82) is 0 Å². The Morgan fingerprint density at radius 2 is 1.90 bits per heavy atom. The zero-order chi connectivity index (χ0) is 15.2. The van der Waals surface area contributed by atoms with Crippen molar-refractivity contribution in [2.24, 2.45) is 0 Å². The minimum absolute atomic E-state index is 0.183. The largest absolute Gasteiger partial charge is 0.310 e. The van der Waals surface area contributed by atoms with Crippen LogP contribution < -0.4 is 10.0 Å². The highest BCUT2D eigenvalue weighted by Crippen LogP contribution is 2.26. The Balaban J connectivity index is 2.45. The van der Waals surface area contributed by atoms with Crippen LogP contribution in [-0.2, 0) is 10.0 Å². The molecule has 0 aliphatic heterocycles. The van der Waals surface area contributed by atoms with Crippen LogP contribution in [0.2, 0.25) is 10.0 Å². The highest BCUT2D eigenvalue weighted by molar-refractivity contribution is 7.88. The number of halogens is 2. The summed E-state index contributed by atoms with van der Waals surface area (Å²) < 4.78 is 24.3. The lowest BCUT2D eigenvalue weighted by Crippen LogP contribution is -2.28. The van der Waals surface area contributed by atoms with Crippen LogP contribution in [-0.4, -0.2) is 27.8 Å². The van der Waals surface area contributed by atoms with Gasteiger partial charge in [-0.05, 0) is 37.1 Å². The van der Waals surface area contributed by atoms with Gasteiger partial charge in [0.1, 0.15) is 0 Å². The van der Waals surface area contributed by atoms with Crippen LogP contribution in [0, 0.1) is 0 Å². The summed E-state index contributed by atoms with van der Waals surface area (Å²) in [6.07, 6.45) is 2.80. The topological polar surface area (TPSA) is 58.2 Å². The SMILES string of the molecule is CCC(NCCCNS(C)(=O)=O)c1ccc(Cl)c(Cl)c1. The molecule has 1 aromatic rings. The van der Waals surface area contributed by atoms with E-state index in [2.05, 4.69) is 17.0 Å². The van der Waals surface area contributed by atoms with E-state index in [0.717, 1.165) is 31.2 Å². The lowest BCUT2D eigenvalue weighted by Gasteiger charge is -2.18. The van der Waals surface area contributed by atoms with Gasteiger partial charge >= 0.3 is 0 Å². The molecule has 1 rings (SSSR count). The van der Waals surface area contributed by atoms with Crippen LogP contribution in [0.3, 0.4) is 0 Å². The van der Waals surface area contributed by atoms with Gasteiger partial charge in [-0.25, -0.2) is 13.1 Å². The van der Waals surface area contributed by atoms with Gasteiger partial charge in [0.05, 0.1) is 16.3 Å². The zero-order valence-corrected chi connectivity index (χ0v) is 13.9. The average Bonchev–Trinajstić information content (AvgIpc) is 2.36. The minimum Gasteiger partial charge on any atom is -0.310 e. The summed E-state index contributed by atoms with van der Waals surface area (Å²) in [6, 6.07) is 5.78. The van der Waals surface area contributed by atoms with E-state index in [0.29, 0.717) is 16.6 Å². The smallest absolute Gasteiger partial charge is 0.208 e. The third kappa shape index (κ3) is 6.41. The van der Waals surface area contributed by atoms with Crippen molar-refractivity contribution >= 4 is 33.2 Å². The summed E-state index contributed by atoms with van der Waals surface area (Å²) in [5.74, 6) is 0. The summed E-state index contributed by atoms with van der Waals surface area (Å²) in [5, 5.41) is 4.47. The van der Waals surface area contributed by atoms with Crippen molar-refractivity contribution in [1.82, 2.24) is 10.0 Å². The maximum Gasteiger partial charge on any atom is 0.208 e. The zero-order valence-electron chi connectivity index (χ0n) is 11.6. The number of benzene rings is 1. The van der Waals surface area contributed by atoms with Crippen LogP contribution >= 0.6 is 23.2 Å². The van der Waals surface area contributed by atoms with Gasteiger partial charge in [0.2, 0.25) is 10.0 Å². The lowest BCUT2D eigenvalue weighted by molar-refractivity contribution is 0.507. The minimum atomic E-state index is -3.10. The molecule has 0 saturated heterocycles. The molecule has 4 nitrogen and oxygen atoms in total. The van der Waals surface area contributed by atoms with E-state index >= 15 is 0 Å². The van der Waals surface area contributed by atoms with Gasteiger partial charge in [0.25, 0.3) is 0 Å². The van der Waals surface area contributed by atoms with E-state index in [1.165, 1.54) is 0 Å². The Kier molecular flexibility index (Phi) is 7.26. The number of sulfonamides is 1. The first-order valence-corrected chi connectivity index (χ1v) is 9.11. The second-order valence-electron chi connectivity index (χ2n) is 4.61. The predicted octanol–water partition coefficient (Wildman–Crippen LogP) is 2.97. The van der Waals surface area contributed by atoms with Crippen LogP contribution in [0.1, 0.15) is 31.4 Å². The third-order valence-corrected chi connectivity index (χ3v) is 4.33. The molecular weight excluding hydrogens is 319 g/mol. The van der Waals surface area contributed by atoms with Crippen molar-refractivity contribution in [2.75, 3.05) is 19.3 Å². The Morgan fingerprint density at radius 3 is 2.45 bits per heavy atom. The van der Waals surface area contributed by atoms with E-state index in [1.807, 2.05) is 12.1 Å². The van der Waals surface area contributed by atoms with Crippen molar-refractivity contribution in [2.45, 2.75) is 25.8 Å². The molecule has 0 radical (unpaired) electrons. The summed E-state index contributed by atoms with van der Waals surface area (Å²) in [7, 11) is -3.10. The number of hydrogen-bond acceptors (Lipinski definition) is 3. The van der Waals surface area contributed by atoms with Crippen molar-refractivity contribution in [3.8, 4) is 0 Å². The van der Waals surface area contributed by atoms with Crippen LogP contribution in [0.15, 0.2) is 18.2 Å². The summed E-state index contributed by atoms with van der Waals surface area (Å²) >= 11 is 11.9. The quantitative estimate of drug-likeness (QED) is 0.716. The molecule has 0 saturated carbocycles. The van der Waals surface area contributed by atoms with Gasteiger partial charge < -0.3 is 5.32 Å². The summed E-state index contributed by atoms with van der Waals surface area (Å²) in [4.78, 5) is 0. The molecule has 0 spiro atoms. The highest BCUT2D eigenvalue weighted by Gasteiger charge is 2.10. The average molecular weight is 339 g/mol. The molecule has 0 aliphatic carbocycles. The van der Waals surface area contributed by atoms with E-state index in [4.69, 9.17) is 23.2 Å². The van der Waals surface area contributed by atoms with Gasteiger partial charge in [-0.15, -0.1) is 0 Å². The van der Waals surface area contributed by atoms with Gasteiger partial charge in [-0.3, -0.25) is 0 Å². The van der Waals surface area contributed by atoms with Gasteiger partial charge in [-0.1, -0.05) is 36.2 Å². The van der Waals surface area contributed by atoms with Crippen molar-refractivity contribution in [3.05, 3.63) is 33.8 Å². The number of rotatable bonds is 8. The molecule has 2 N–H and O–H groups in total. The molecule has 0 fully saturated rings. The molecule has 1 aromatic carbocycles. The van der Waals surface area contributed by atoms with E-state index < -0.39 is 10.0 Å². The lowest BCUT2D eigenvalue weighted by atomic mass is 10.0. The predicted molar refractivity (Wildman–Crippen MR) is 85.0 cm³/mol. The molecule has 0 bridgehead atoms. The first kappa shape index (κ1) is 17.7. The van der Waals surface area contributed by atoms with Gasteiger partial charge in [0.15, 0.2) is 0 Å². The van der Waals surface area contributed by atoms with E-state index in [1.54, 1.807) is 6.07 Å². The Hall–Kier alpha value is -0.330. The fourth-order valence-electron chi connectivity index (χ4n) is 1.85. The summed E-state index contributed by atoms with van der Waals surface area (Å²) in [6.45, 7) is 3.24. The standard InChI is InChI=1S/C13H20Cl2N2O2S/c1-3-13(10-5-6-11(14)12(15)9-10)16-7-4-8-17-20(2,18)19/h5-6,9,13,16-17H,3-4,7-8H2,1-2H3. The molecule has 1 unspecified atom stereocenters. The van der Waals surface area contributed by atoms with E-state index in [-0.39, 0.29) is 6.04 Å². The molecule has 20 heavy (non-hydrogen) atoms. The first-order chi connectivity index (χ1) is 9.33. The Bertz CT molecular complexity index is 535. The monoisotopic (exact) mass is 338 g/mol. The number of hydrogen-bond donors (Lipinski definition) is 2. The maximum atomic E-state index is 10.9. The van der Waals surface area contributed by atoms with Crippen molar-refractivity contribution < 1.29 is 8.42 Å². The molecule has 0 amide bonds. The molecule has 0 heterocycles. The third-order valence-electron chi connectivity index (χ3n) is 2.86. The van der Waals surface area contributed by atoms with Crippen LogP contribution in [0.25, 0.3) is 0 Å². The molecular formula is C13H20Cl2N2O2S. The maximum absolute atomic E-state index is 10.9. The fourth-order valence-corrected chi connectivity index (χ4v) is 2.67. The molecule has 114 valence electrons. The van der Waals surface area contributed by atoms with Crippen LogP contribution in [0.4, 0.5) is 0 Å². The van der Waals surface area contributed by atoms with Gasteiger partial charge in [-0.2, -0.15) is 0 Å². The fraction of sp³-hybridized carbons (Fsp3) is 0.538. The molecule has 1 atom stereocenters. The molecule has 7 heteroatoms. The Labute approximate surface area is 130 Å². The normalized spacial score (nSPS) is 13.4. The molecule has 0 aliphatic rings. The van der Waals surface area contributed by atoms with Crippen LogP contribution in [0.5, 0.6) is 0 Å². The Morgan fingerprint density at radius 1 is 1.20 bits per heavy atom. The second kappa shape index (κ2) is 8.20. The second-order valence-corrected chi connectivity index (χ2v) is 7.26. The van der Waals surface area contributed by atoms with E-state index in [9.17, 15) is 8.42 Å². The van der Waals surface area contributed by atoms with Crippen molar-refractivity contribution in [3.63, 3.8) is 0 Å². The first-order valence-electron chi connectivity index (χ1n) is 6.46.